The fourth-order valence-corrected chi connectivity index (χ4v) is 5.16. The summed E-state index contributed by atoms with van der Waals surface area (Å²) in [5.74, 6) is 1.03. The topological polar surface area (TPSA) is 55.5 Å². The largest absolute Gasteiger partial charge is 0.456 e. The summed E-state index contributed by atoms with van der Waals surface area (Å²) in [6, 6.07) is 12.6. The van der Waals surface area contributed by atoms with Crippen LogP contribution in [0.2, 0.25) is 0 Å². The second-order valence-electron chi connectivity index (χ2n) is 6.83. The molecule has 0 aliphatic carbocycles. The Morgan fingerprint density at radius 1 is 1.16 bits per heavy atom. The van der Waals surface area contributed by atoms with Crippen molar-refractivity contribution >= 4 is 34.1 Å². The number of alkyl halides is 3. The van der Waals surface area contributed by atoms with Gasteiger partial charge < -0.3 is 14.3 Å². The van der Waals surface area contributed by atoms with Gasteiger partial charge in [0.25, 0.3) is 0 Å². The normalized spacial score (nSPS) is 13.1. The van der Waals surface area contributed by atoms with Crippen molar-refractivity contribution < 1.29 is 27.4 Å². The summed E-state index contributed by atoms with van der Waals surface area (Å²) in [4.78, 5) is 6.62. The number of aliphatic hydroxyl groups is 1. The number of nitrogens with zero attached hydrogens (tertiary/aromatic N) is 1. The smallest absolute Gasteiger partial charge is 0.416 e. The second-order valence-corrected chi connectivity index (χ2v) is 8.96. The van der Waals surface area contributed by atoms with E-state index in [1.165, 1.54) is 30.6 Å². The molecule has 2 aromatic carbocycles. The highest BCUT2D eigenvalue weighted by Crippen LogP contribution is 2.36. The van der Waals surface area contributed by atoms with E-state index < -0.39 is 18.0 Å². The molecule has 2 aromatic heterocycles. The van der Waals surface area contributed by atoms with Gasteiger partial charge in [0.1, 0.15) is 10.6 Å². The van der Waals surface area contributed by atoms with Crippen LogP contribution in [0.4, 0.5) is 13.2 Å². The van der Waals surface area contributed by atoms with Gasteiger partial charge in [-0.1, -0.05) is 12.1 Å². The van der Waals surface area contributed by atoms with Gasteiger partial charge in [0, 0.05) is 33.6 Å². The van der Waals surface area contributed by atoms with Gasteiger partial charge in [-0.3, -0.25) is 0 Å². The number of aromatic nitrogens is 1. The van der Waals surface area contributed by atoms with E-state index in [-0.39, 0.29) is 0 Å². The minimum atomic E-state index is -4.35. The number of thiazole rings is 1. The Balaban J connectivity index is 1.48. The first-order chi connectivity index (χ1) is 14.7. The van der Waals surface area contributed by atoms with E-state index in [2.05, 4.69) is 4.98 Å². The Morgan fingerprint density at radius 3 is 2.58 bits per heavy atom. The zero-order valence-corrected chi connectivity index (χ0v) is 18.2. The molecule has 1 unspecified atom stereocenters. The molecule has 1 N–H and O–H groups in total. The monoisotopic (exact) mass is 465 g/mol. The maximum Gasteiger partial charge on any atom is 0.416 e. The predicted octanol–water partition coefficient (Wildman–Crippen LogP) is 6.81. The molecule has 162 valence electrons. The minimum Gasteiger partial charge on any atom is -0.456 e. The van der Waals surface area contributed by atoms with E-state index in [9.17, 15) is 18.3 Å². The third-order valence-corrected chi connectivity index (χ3v) is 7.10. The van der Waals surface area contributed by atoms with E-state index in [1.807, 2.05) is 25.1 Å². The SMILES string of the molecule is COC(O)c1cc2cc(SCc3sc(-c4ccc(C(F)(F)F)cc4)nc3C)ccc2o1. The fraction of sp³-hybridized carbons (Fsp3) is 0.227. The maximum absolute atomic E-state index is 12.8. The average molecular weight is 466 g/mol. The summed E-state index contributed by atoms with van der Waals surface area (Å²) in [6.45, 7) is 1.90. The van der Waals surface area contributed by atoms with Crippen molar-refractivity contribution in [3.63, 3.8) is 0 Å². The van der Waals surface area contributed by atoms with Crippen molar-refractivity contribution in [3.05, 3.63) is 70.4 Å². The number of halogens is 3. The number of methoxy groups -OCH3 is 1. The van der Waals surface area contributed by atoms with Gasteiger partial charge in [-0.05, 0) is 43.3 Å². The summed E-state index contributed by atoms with van der Waals surface area (Å²) in [7, 11) is 1.40. The fourth-order valence-electron chi connectivity index (χ4n) is 3.01. The average Bonchev–Trinajstić information content (AvgIpc) is 3.34. The van der Waals surface area contributed by atoms with Gasteiger partial charge in [0.05, 0.1) is 11.3 Å². The molecule has 0 bridgehead atoms. The van der Waals surface area contributed by atoms with E-state index in [1.54, 1.807) is 17.8 Å². The Morgan fingerprint density at radius 2 is 1.90 bits per heavy atom. The van der Waals surface area contributed by atoms with Crippen LogP contribution in [-0.2, 0) is 16.7 Å². The molecule has 31 heavy (non-hydrogen) atoms. The lowest BCUT2D eigenvalue weighted by atomic mass is 10.1. The molecule has 0 radical (unpaired) electrons. The molecule has 0 aliphatic heterocycles. The molecule has 0 saturated heterocycles. The summed E-state index contributed by atoms with van der Waals surface area (Å²) < 4.78 is 48.8. The molecule has 4 nitrogen and oxygen atoms in total. The molecule has 1 atom stereocenters. The van der Waals surface area contributed by atoms with Crippen molar-refractivity contribution in [3.8, 4) is 10.6 Å². The van der Waals surface area contributed by atoms with Gasteiger partial charge >= 0.3 is 6.18 Å². The van der Waals surface area contributed by atoms with Gasteiger partial charge in [-0.25, -0.2) is 4.98 Å². The Bertz CT molecular complexity index is 1200. The van der Waals surface area contributed by atoms with Crippen molar-refractivity contribution in [2.75, 3.05) is 7.11 Å². The highest BCUT2D eigenvalue weighted by Gasteiger charge is 2.30. The maximum atomic E-state index is 12.8. The number of fused-ring (bicyclic) bond motifs is 1. The van der Waals surface area contributed by atoms with Crippen LogP contribution in [-0.4, -0.2) is 17.2 Å². The molecule has 4 aromatic rings. The molecule has 2 heterocycles. The number of benzene rings is 2. The second kappa shape index (κ2) is 8.66. The van der Waals surface area contributed by atoms with Crippen LogP contribution in [0.15, 0.2) is 57.8 Å². The highest BCUT2D eigenvalue weighted by atomic mass is 32.2. The summed E-state index contributed by atoms with van der Waals surface area (Å²) >= 11 is 3.11. The lowest BCUT2D eigenvalue weighted by Gasteiger charge is -2.06. The van der Waals surface area contributed by atoms with Gasteiger partial charge in [-0.15, -0.1) is 23.1 Å². The highest BCUT2D eigenvalue weighted by molar-refractivity contribution is 7.98. The Kier molecular flexibility index (Phi) is 6.11. The molecule has 4 rings (SSSR count). The zero-order chi connectivity index (χ0) is 22.2. The quantitative estimate of drug-likeness (QED) is 0.250. The van der Waals surface area contributed by atoms with Crippen molar-refractivity contribution in [1.82, 2.24) is 4.98 Å². The number of thioether (sulfide) groups is 1. The lowest BCUT2D eigenvalue weighted by Crippen LogP contribution is -2.03. The van der Waals surface area contributed by atoms with Crippen LogP contribution in [0, 0.1) is 6.92 Å². The van der Waals surface area contributed by atoms with Crippen LogP contribution in [0.25, 0.3) is 21.5 Å². The number of aliphatic hydroxyl groups excluding tert-OH is 1. The molecule has 0 aliphatic rings. The number of hydrogen-bond acceptors (Lipinski definition) is 6. The van der Waals surface area contributed by atoms with E-state index in [4.69, 9.17) is 9.15 Å². The van der Waals surface area contributed by atoms with Crippen LogP contribution >= 0.6 is 23.1 Å². The lowest BCUT2D eigenvalue weighted by molar-refractivity contribution is -0.137. The molecule has 0 spiro atoms. The van der Waals surface area contributed by atoms with Crippen LogP contribution in [0.1, 0.15) is 28.2 Å². The predicted molar refractivity (Wildman–Crippen MR) is 115 cm³/mol. The van der Waals surface area contributed by atoms with Crippen molar-refractivity contribution in [1.29, 1.82) is 0 Å². The van der Waals surface area contributed by atoms with E-state index >= 15 is 0 Å². The molecule has 0 fully saturated rings. The number of ether oxygens (including phenoxy) is 1. The standard InChI is InChI=1S/C22H18F3NO3S2/c1-12-19(31-20(26-12)13-3-5-15(6-4-13)22(23,24)25)11-30-16-7-8-17-14(9-16)10-18(29-17)21(27)28-2/h3-10,21,27H,11H2,1-2H3. The molecule has 9 heteroatoms. The van der Waals surface area contributed by atoms with Crippen LogP contribution in [0.5, 0.6) is 0 Å². The van der Waals surface area contributed by atoms with Crippen LogP contribution < -0.4 is 0 Å². The van der Waals surface area contributed by atoms with E-state index in [0.29, 0.717) is 27.7 Å². The van der Waals surface area contributed by atoms with Crippen molar-refractivity contribution in [2.45, 2.75) is 30.0 Å². The van der Waals surface area contributed by atoms with Crippen LogP contribution in [0.3, 0.4) is 0 Å². The zero-order valence-electron chi connectivity index (χ0n) is 16.6. The van der Waals surface area contributed by atoms with Gasteiger partial charge in [0.15, 0.2) is 5.76 Å². The van der Waals surface area contributed by atoms with Gasteiger partial charge in [0.2, 0.25) is 6.29 Å². The number of rotatable bonds is 6. The first-order valence-electron chi connectivity index (χ1n) is 9.25. The first kappa shape index (κ1) is 21.9. The summed E-state index contributed by atoms with van der Waals surface area (Å²) in [6.07, 6.45) is -5.45. The Hall–Kier alpha value is -2.33. The number of hydrogen-bond donors (Lipinski definition) is 1. The number of aryl methyl sites for hydroxylation is 1. The molecular formula is C22H18F3NO3S2. The summed E-state index contributed by atoms with van der Waals surface area (Å²) in [5.41, 5.74) is 1.52. The Labute approximate surface area is 184 Å². The molecular weight excluding hydrogens is 447 g/mol. The molecule has 0 amide bonds. The minimum absolute atomic E-state index is 0.346. The third-order valence-electron chi connectivity index (χ3n) is 4.70. The van der Waals surface area contributed by atoms with Crippen molar-refractivity contribution in [2.24, 2.45) is 0 Å². The third kappa shape index (κ3) is 4.79. The van der Waals surface area contributed by atoms with E-state index in [0.717, 1.165) is 33.0 Å². The summed E-state index contributed by atoms with van der Waals surface area (Å²) in [5, 5.41) is 11.3. The molecule has 0 saturated carbocycles. The van der Waals surface area contributed by atoms with Gasteiger partial charge in [-0.2, -0.15) is 13.2 Å². The first-order valence-corrected chi connectivity index (χ1v) is 11.1. The number of furan rings is 1.